The number of likely N-dealkylation sites (tertiary alicyclic amines) is 1. The van der Waals surface area contributed by atoms with Gasteiger partial charge >= 0.3 is 0 Å². The molecule has 3 aromatic rings. The topological polar surface area (TPSA) is 32.3 Å². The summed E-state index contributed by atoms with van der Waals surface area (Å²) in [6.07, 6.45) is 2.90. The van der Waals surface area contributed by atoms with E-state index in [1.165, 1.54) is 28.5 Å². The quantitative estimate of drug-likeness (QED) is 0.688. The molecule has 1 amide bonds. The molecule has 1 aromatic heterocycles. The van der Waals surface area contributed by atoms with Crippen molar-refractivity contribution in [2.24, 2.45) is 0 Å². The third kappa shape index (κ3) is 4.57. The number of piperidine rings is 1. The first-order chi connectivity index (χ1) is 13.3. The van der Waals surface area contributed by atoms with Crippen molar-refractivity contribution in [3.63, 3.8) is 0 Å². The molecule has 140 valence electrons. The molecule has 2 heterocycles. The predicted molar refractivity (Wildman–Crippen MR) is 113 cm³/mol. The third-order valence-corrected chi connectivity index (χ3v) is 6.55. The van der Waals surface area contributed by atoms with Gasteiger partial charge in [-0.25, -0.2) is 0 Å². The molecular weight excluding hydrogens is 352 g/mol. The van der Waals surface area contributed by atoms with E-state index in [1.54, 1.807) is 0 Å². The fourth-order valence-electron chi connectivity index (χ4n) is 4.00. The first-order valence-corrected chi connectivity index (χ1v) is 10.7. The molecule has 0 spiro atoms. The fourth-order valence-corrected chi connectivity index (χ4v) is 4.90. The van der Waals surface area contributed by atoms with Crippen molar-refractivity contribution in [1.29, 1.82) is 0 Å². The summed E-state index contributed by atoms with van der Waals surface area (Å²) in [4.78, 5) is 16.4. The lowest BCUT2D eigenvalue weighted by Gasteiger charge is -2.31. The normalized spacial score (nSPS) is 15.9. The average Bonchev–Trinajstić information content (AvgIpc) is 3.24. The van der Waals surface area contributed by atoms with Gasteiger partial charge in [-0.1, -0.05) is 48.5 Å². The summed E-state index contributed by atoms with van der Waals surface area (Å²) in [7, 11) is 0. The lowest BCUT2D eigenvalue weighted by Crippen LogP contribution is -2.39. The molecular formula is C23H26N2OS. The second-order valence-electron chi connectivity index (χ2n) is 7.30. The van der Waals surface area contributed by atoms with Crippen LogP contribution in [-0.4, -0.2) is 37.0 Å². The lowest BCUT2D eigenvalue weighted by atomic mass is 9.95. The Morgan fingerprint density at radius 3 is 2.67 bits per heavy atom. The van der Waals surface area contributed by atoms with Gasteiger partial charge in [0, 0.05) is 18.0 Å². The Hall–Kier alpha value is -2.17. The standard InChI is InChI=1S/C23H26N2OS/c26-23(17-20-7-3-6-18-5-1-2-8-21(18)20)24-12-15-25-13-10-19(11-14-25)22-9-4-16-27-22/h1-9,16,19H,10-15,17H2,(H,24,26). The van der Waals surface area contributed by atoms with Gasteiger partial charge in [0.1, 0.15) is 0 Å². The van der Waals surface area contributed by atoms with Crippen LogP contribution in [-0.2, 0) is 11.2 Å². The van der Waals surface area contributed by atoms with Gasteiger partial charge in [0.05, 0.1) is 6.42 Å². The smallest absolute Gasteiger partial charge is 0.224 e. The molecule has 0 radical (unpaired) electrons. The van der Waals surface area contributed by atoms with Gasteiger partial charge in [-0.2, -0.15) is 0 Å². The minimum atomic E-state index is 0.111. The summed E-state index contributed by atoms with van der Waals surface area (Å²) in [6.45, 7) is 3.93. The van der Waals surface area contributed by atoms with Crippen molar-refractivity contribution in [2.75, 3.05) is 26.2 Å². The zero-order valence-corrected chi connectivity index (χ0v) is 16.4. The second kappa shape index (κ2) is 8.68. The molecule has 1 N–H and O–H groups in total. The molecule has 3 nitrogen and oxygen atoms in total. The van der Waals surface area contributed by atoms with E-state index >= 15 is 0 Å². The molecule has 1 aliphatic heterocycles. The van der Waals surface area contributed by atoms with E-state index in [2.05, 4.69) is 52.0 Å². The first-order valence-electron chi connectivity index (χ1n) is 9.79. The summed E-state index contributed by atoms with van der Waals surface area (Å²) in [5.41, 5.74) is 1.10. The Kier molecular flexibility index (Phi) is 5.85. The van der Waals surface area contributed by atoms with Gasteiger partial charge in [-0.3, -0.25) is 4.79 Å². The molecule has 0 aliphatic carbocycles. The van der Waals surface area contributed by atoms with E-state index in [-0.39, 0.29) is 5.91 Å². The van der Waals surface area contributed by atoms with E-state index in [1.807, 2.05) is 29.5 Å². The zero-order chi connectivity index (χ0) is 18.5. The number of thiophene rings is 1. The number of amides is 1. The molecule has 4 rings (SSSR count). The Morgan fingerprint density at radius 1 is 1.04 bits per heavy atom. The molecule has 1 saturated heterocycles. The summed E-state index contributed by atoms with van der Waals surface area (Å²) < 4.78 is 0. The summed E-state index contributed by atoms with van der Waals surface area (Å²) in [5, 5.41) is 7.64. The molecule has 0 saturated carbocycles. The molecule has 0 unspecified atom stereocenters. The number of fused-ring (bicyclic) bond motifs is 1. The average molecular weight is 379 g/mol. The molecule has 4 heteroatoms. The SMILES string of the molecule is O=C(Cc1cccc2ccccc12)NCCN1CCC(c2cccs2)CC1. The third-order valence-electron chi connectivity index (χ3n) is 5.51. The van der Waals surface area contributed by atoms with Crippen molar-refractivity contribution >= 4 is 28.0 Å². The Bertz CT molecular complexity index is 877. The molecule has 0 bridgehead atoms. The Morgan fingerprint density at radius 2 is 1.85 bits per heavy atom. The molecule has 0 atom stereocenters. The van der Waals surface area contributed by atoms with Crippen LogP contribution in [0.25, 0.3) is 10.8 Å². The summed E-state index contributed by atoms with van der Waals surface area (Å²) in [5.74, 6) is 0.835. The number of nitrogens with one attached hydrogen (secondary N) is 1. The van der Waals surface area contributed by atoms with Crippen molar-refractivity contribution in [1.82, 2.24) is 10.2 Å². The summed E-state index contributed by atoms with van der Waals surface area (Å²) >= 11 is 1.88. The van der Waals surface area contributed by atoms with Gasteiger partial charge in [-0.15, -0.1) is 11.3 Å². The number of hydrogen-bond acceptors (Lipinski definition) is 3. The van der Waals surface area contributed by atoms with Gasteiger partial charge in [-0.05, 0) is 59.6 Å². The maximum Gasteiger partial charge on any atom is 0.224 e. The van der Waals surface area contributed by atoms with Crippen molar-refractivity contribution in [2.45, 2.75) is 25.2 Å². The lowest BCUT2D eigenvalue weighted by molar-refractivity contribution is -0.120. The molecule has 1 aliphatic rings. The molecule has 27 heavy (non-hydrogen) atoms. The largest absolute Gasteiger partial charge is 0.355 e. The fraction of sp³-hybridized carbons (Fsp3) is 0.348. The van der Waals surface area contributed by atoms with Crippen LogP contribution < -0.4 is 5.32 Å². The zero-order valence-electron chi connectivity index (χ0n) is 15.6. The Labute approximate surface area is 165 Å². The highest BCUT2D eigenvalue weighted by atomic mass is 32.1. The predicted octanol–water partition coefficient (Wildman–Crippen LogP) is 4.44. The maximum absolute atomic E-state index is 12.4. The highest BCUT2D eigenvalue weighted by molar-refractivity contribution is 7.10. The molecule has 2 aromatic carbocycles. The summed E-state index contributed by atoms with van der Waals surface area (Å²) in [6, 6.07) is 18.8. The van der Waals surface area contributed by atoms with E-state index in [9.17, 15) is 4.79 Å². The highest BCUT2D eigenvalue weighted by Crippen LogP contribution is 2.30. The van der Waals surface area contributed by atoms with Crippen molar-refractivity contribution < 1.29 is 4.79 Å². The number of carbonyl (C=O) groups excluding carboxylic acids is 1. The van der Waals surface area contributed by atoms with E-state index in [0.29, 0.717) is 6.42 Å². The van der Waals surface area contributed by atoms with Crippen molar-refractivity contribution in [3.05, 3.63) is 70.4 Å². The highest BCUT2D eigenvalue weighted by Gasteiger charge is 2.20. The van der Waals surface area contributed by atoms with E-state index < -0.39 is 0 Å². The van der Waals surface area contributed by atoms with Crippen LogP contribution in [0, 0.1) is 0 Å². The van der Waals surface area contributed by atoms with Gasteiger partial charge in [0.15, 0.2) is 0 Å². The number of carbonyl (C=O) groups is 1. The van der Waals surface area contributed by atoms with Gasteiger partial charge in [0.2, 0.25) is 5.91 Å². The van der Waals surface area contributed by atoms with Crippen LogP contribution in [0.15, 0.2) is 60.0 Å². The molecule has 1 fully saturated rings. The van der Waals surface area contributed by atoms with E-state index in [0.717, 1.165) is 37.7 Å². The van der Waals surface area contributed by atoms with Crippen molar-refractivity contribution in [3.8, 4) is 0 Å². The van der Waals surface area contributed by atoms with Gasteiger partial charge in [0.25, 0.3) is 0 Å². The van der Waals surface area contributed by atoms with Gasteiger partial charge < -0.3 is 10.2 Å². The maximum atomic E-state index is 12.4. The van der Waals surface area contributed by atoms with Crippen LogP contribution >= 0.6 is 11.3 Å². The van der Waals surface area contributed by atoms with Crippen LogP contribution in [0.5, 0.6) is 0 Å². The van der Waals surface area contributed by atoms with E-state index in [4.69, 9.17) is 0 Å². The number of nitrogens with zero attached hydrogens (tertiary/aromatic N) is 1. The first kappa shape index (κ1) is 18.2. The number of hydrogen-bond donors (Lipinski definition) is 1. The number of rotatable bonds is 6. The number of benzene rings is 2. The Balaban J connectivity index is 1.22. The monoisotopic (exact) mass is 378 g/mol. The van der Waals surface area contributed by atoms with Crippen LogP contribution in [0.1, 0.15) is 29.2 Å². The van der Waals surface area contributed by atoms with Crippen LogP contribution in [0.4, 0.5) is 0 Å². The van der Waals surface area contributed by atoms with Crippen LogP contribution in [0.2, 0.25) is 0 Å². The van der Waals surface area contributed by atoms with Crippen LogP contribution in [0.3, 0.4) is 0 Å². The minimum Gasteiger partial charge on any atom is -0.355 e. The minimum absolute atomic E-state index is 0.111. The second-order valence-corrected chi connectivity index (χ2v) is 8.28.